The summed E-state index contributed by atoms with van der Waals surface area (Å²) in [4.78, 5) is 24.9. The van der Waals surface area contributed by atoms with Crippen molar-refractivity contribution in [2.75, 3.05) is 13.2 Å². The average molecular weight is 342 g/mol. The third-order valence-corrected chi connectivity index (χ3v) is 4.23. The van der Waals surface area contributed by atoms with E-state index < -0.39 is 5.79 Å². The maximum atomic E-state index is 12.6. The lowest BCUT2D eigenvalue weighted by Crippen LogP contribution is -2.56. The summed E-state index contributed by atoms with van der Waals surface area (Å²) >= 11 is 0. The lowest BCUT2D eigenvalue weighted by atomic mass is 9.85. The molecule has 7 nitrogen and oxygen atoms in total. The number of ether oxygens (including phenoxy) is 2. The van der Waals surface area contributed by atoms with Gasteiger partial charge in [-0.2, -0.15) is 0 Å². The minimum absolute atomic E-state index is 0.275. The van der Waals surface area contributed by atoms with E-state index in [2.05, 4.69) is 20.3 Å². The van der Waals surface area contributed by atoms with Crippen LogP contribution in [0, 0.1) is 0 Å². The van der Waals surface area contributed by atoms with Gasteiger partial charge >= 0.3 is 0 Å². The minimum Gasteiger partial charge on any atom is -0.345 e. The predicted molar refractivity (Wildman–Crippen MR) is 90.8 cm³/mol. The minimum atomic E-state index is -1.05. The summed E-state index contributed by atoms with van der Waals surface area (Å²) in [6, 6.07) is 5.06. The molecule has 1 amide bonds. The summed E-state index contributed by atoms with van der Waals surface area (Å²) in [7, 11) is 0. The molecule has 0 aromatic carbocycles. The highest BCUT2D eigenvalue weighted by Crippen LogP contribution is 2.39. The first-order chi connectivity index (χ1) is 12.2. The zero-order chi connectivity index (χ0) is 17.7. The molecule has 0 bridgehead atoms. The van der Waals surface area contributed by atoms with E-state index in [4.69, 9.17) is 9.47 Å². The summed E-state index contributed by atoms with van der Waals surface area (Å²) < 4.78 is 12.2. The largest absolute Gasteiger partial charge is 0.345 e. The van der Waals surface area contributed by atoms with E-state index in [-0.39, 0.29) is 11.9 Å². The Labute approximate surface area is 146 Å². The zero-order valence-electron chi connectivity index (χ0n) is 14.4. The third kappa shape index (κ3) is 3.38. The lowest BCUT2D eigenvalue weighted by molar-refractivity contribution is -0.263. The number of fused-ring (bicyclic) bond motifs is 1. The van der Waals surface area contributed by atoms with Crippen molar-refractivity contribution in [2.45, 2.75) is 38.5 Å². The van der Waals surface area contributed by atoms with Crippen LogP contribution in [0.1, 0.15) is 42.0 Å². The summed E-state index contributed by atoms with van der Waals surface area (Å²) in [6.45, 7) is 4.73. The summed E-state index contributed by atoms with van der Waals surface area (Å²) in [5.74, 6) is -1.32. The van der Waals surface area contributed by atoms with Crippen LogP contribution in [0.15, 0.2) is 36.9 Å². The van der Waals surface area contributed by atoms with Crippen LogP contribution in [0.3, 0.4) is 0 Å². The first-order valence-electron chi connectivity index (χ1n) is 8.50. The lowest BCUT2D eigenvalue weighted by Gasteiger charge is -2.43. The van der Waals surface area contributed by atoms with E-state index in [1.807, 2.05) is 26.0 Å². The van der Waals surface area contributed by atoms with Gasteiger partial charge in [0.2, 0.25) is 5.79 Å². The van der Waals surface area contributed by atoms with E-state index in [9.17, 15) is 4.79 Å². The highest BCUT2D eigenvalue weighted by molar-refractivity contribution is 5.92. The Hall–Kier alpha value is -2.38. The number of hydrogen-bond donors (Lipinski definition) is 1. The fourth-order valence-corrected chi connectivity index (χ4v) is 3.26. The molecule has 0 radical (unpaired) electrons. The quantitative estimate of drug-likeness (QED) is 0.806. The number of pyridine rings is 1. The van der Waals surface area contributed by atoms with Crippen LogP contribution >= 0.6 is 0 Å². The van der Waals surface area contributed by atoms with Crippen LogP contribution < -0.4 is 5.32 Å². The highest BCUT2D eigenvalue weighted by Gasteiger charge is 2.48. The van der Waals surface area contributed by atoms with Crippen molar-refractivity contribution in [1.29, 1.82) is 0 Å². The van der Waals surface area contributed by atoms with E-state index in [0.717, 1.165) is 17.7 Å². The maximum Gasteiger partial charge on any atom is 0.270 e. The van der Waals surface area contributed by atoms with Gasteiger partial charge < -0.3 is 14.8 Å². The number of nitrogens with one attached hydrogen (secondary N) is 1. The molecule has 2 aromatic heterocycles. The number of carbonyl (C=O) groups excluding carboxylic acids is 1. The molecular formula is C18H22N4O3. The van der Waals surface area contributed by atoms with Crippen molar-refractivity contribution in [2.24, 2.45) is 0 Å². The summed E-state index contributed by atoms with van der Waals surface area (Å²) in [5, 5.41) is 3.03. The second-order valence-electron chi connectivity index (χ2n) is 5.69. The molecule has 0 aliphatic heterocycles. The molecule has 25 heavy (non-hydrogen) atoms. The number of rotatable bonds is 6. The first kappa shape index (κ1) is 17.4. The van der Waals surface area contributed by atoms with Crippen molar-refractivity contribution in [3.8, 4) is 0 Å². The monoisotopic (exact) mass is 342 g/mol. The van der Waals surface area contributed by atoms with Gasteiger partial charge in [-0.15, -0.1) is 0 Å². The van der Waals surface area contributed by atoms with E-state index in [0.29, 0.717) is 25.3 Å². The molecule has 2 heterocycles. The molecule has 1 aliphatic carbocycles. The van der Waals surface area contributed by atoms with Gasteiger partial charge in [0, 0.05) is 36.9 Å². The number of aromatic nitrogens is 3. The van der Waals surface area contributed by atoms with Crippen LogP contribution in [0.4, 0.5) is 0 Å². The molecule has 3 rings (SSSR count). The molecule has 1 N–H and O–H groups in total. The van der Waals surface area contributed by atoms with Gasteiger partial charge in [0.25, 0.3) is 5.91 Å². The van der Waals surface area contributed by atoms with Crippen molar-refractivity contribution < 1.29 is 14.3 Å². The van der Waals surface area contributed by atoms with E-state index in [1.165, 1.54) is 6.33 Å². The van der Waals surface area contributed by atoms with Gasteiger partial charge in [-0.3, -0.25) is 9.78 Å². The van der Waals surface area contributed by atoms with Crippen molar-refractivity contribution in [3.05, 3.63) is 53.9 Å². The highest BCUT2D eigenvalue weighted by atomic mass is 16.7. The smallest absolute Gasteiger partial charge is 0.270 e. The Morgan fingerprint density at radius 1 is 1.24 bits per heavy atom. The van der Waals surface area contributed by atoms with Crippen LogP contribution in [0.2, 0.25) is 0 Å². The topological polar surface area (TPSA) is 86.2 Å². The number of hydrogen-bond acceptors (Lipinski definition) is 6. The Kier molecular flexibility index (Phi) is 5.35. The Balaban J connectivity index is 1.95. The second kappa shape index (κ2) is 7.67. The molecule has 132 valence electrons. The molecule has 1 aliphatic rings. The average Bonchev–Trinajstić information content (AvgIpc) is 2.65. The molecular weight excluding hydrogens is 320 g/mol. The van der Waals surface area contributed by atoms with E-state index in [1.54, 1.807) is 18.5 Å². The van der Waals surface area contributed by atoms with Gasteiger partial charge in [-0.1, -0.05) is 6.07 Å². The molecule has 1 unspecified atom stereocenters. The van der Waals surface area contributed by atoms with E-state index >= 15 is 0 Å². The van der Waals surface area contributed by atoms with Crippen LogP contribution in [-0.4, -0.2) is 40.1 Å². The number of amides is 1. The van der Waals surface area contributed by atoms with Crippen LogP contribution in [0.5, 0.6) is 0 Å². The van der Waals surface area contributed by atoms with Crippen molar-refractivity contribution in [1.82, 2.24) is 20.3 Å². The normalized spacial score (nSPS) is 18.4. The SMILES string of the molecule is CCOC1(OCC)c2cccnc2CCC1NC(=O)c1ccncn1. The number of nitrogens with zero attached hydrogens (tertiary/aromatic N) is 3. The van der Waals surface area contributed by atoms with Gasteiger partial charge in [0.1, 0.15) is 12.0 Å². The Bertz CT molecular complexity index is 717. The fraction of sp³-hybridized carbons (Fsp3) is 0.444. The van der Waals surface area contributed by atoms with Crippen LogP contribution in [-0.2, 0) is 21.7 Å². The fourth-order valence-electron chi connectivity index (χ4n) is 3.26. The van der Waals surface area contributed by atoms with Crippen molar-refractivity contribution in [3.63, 3.8) is 0 Å². The Morgan fingerprint density at radius 2 is 2.04 bits per heavy atom. The molecule has 0 saturated heterocycles. The van der Waals surface area contributed by atoms with Gasteiger partial charge in [-0.25, -0.2) is 9.97 Å². The molecule has 0 fully saturated rings. The van der Waals surface area contributed by atoms with Crippen LogP contribution in [0.25, 0.3) is 0 Å². The molecule has 7 heteroatoms. The predicted octanol–water partition coefficient (Wildman–Crippen LogP) is 1.84. The Morgan fingerprint density at radius 3 is 2.72 bits per heavy atom. The van der Waals surface area contributed by atoms with Gasteiger partial charge in [-0.05, 0) is 38.8 Å². The maximum absolute atomic E-state index is 12.6. The van der Waals surface area contributed by atoms with Gasteiger partial charge in [0.05, 0.1) is 6.04 Å². The molecule has 0 spiro atoms. The third-order valence-electron chi connectivity index (χ3n) is 4.23. The standard InChI is InChI=1S/C18H22N4O3/c1-3-24-18(25-4-2)13-6-5-10-20-14(13)7-8-16(18)22-17(23)15-9-11-19-12-21-15/h5-6,9-12,16H,3-4,7-8H2,1-2H3,(H,22,23). The number of carbonyl (C=O) groups is 1. The first-order valence-corrected chi connectivity index (χ1v) is 8.50. The zero-order valence-corrected chi connectivity index (χ0v) is 14.4. The summed E-state index contributed by atoms with van der Waals surface area (Å²) in [6.07, 6.45) is 6.07. The molecule has 0 saturated carbocycles. The second-order valence-corrected chi connectivity index (χ2v) is 5.69. The number of aryl methyl sites for hydroxylation is 1. The molecule has 1 atom stereocenters. The molecule has 2 aromatic rings. The van der Waals surface area contributed by atoms with Gasteiger partial charge in [0.15, 0.2) is 0 Å². The summed E-state index contributed by atoms with van der Waals surface area (Å²) in [5.41, 5.74) is 2.13. The van der Waals surface area contributed by atoms with Crippen molar-refractivity contribution >= 4 is 5.91 Å².